The van der Waals surface area contributed by atoms with Gasteiger partial charge in [0.05, 0.1) is 5.84 Å². The summed E-state index contributed by atoms with van der Waals surface area (Å²) in [5.74, 6) is 4.32. The maximum absolute atomic E-state index is 4.70. The first-order valence-corrected chi connectivity index (χ1v) is 7.63. The summed E-state index contributed by atoms with van der Waals surface area (Å²) in [4.78, 5) is 4.70. The van der Waals surface area contributed by atoms with Gasteiger partial charge in [-0.05, 0) is 56.8 Å². The Morgan fingerprint density at radius 3 is 2.88 bits per heavy atom. The quantitative estimate of drug-likeness (QED) is 0.778. The van der Waals surface area contributed by atoms with Gasteiger partial charge in [-0.25, -0.2) is 0 Å². The van der Waals surface area contributed by atoms with Crippen LogP contribution >= 0.6 is 0 Å². The van der Waals surface area contributed by atoms with Gasteiger partial charge in [-0.1, -0.05) is 12.8 Å². The average Bonchev–Trinajstić information content (AvgIpc) is 2.87. The van der Waals surface area contributed by atoms with E-state index in [4.69, 9.17) is 4.99 Å². The van der Waals surface area contributed by atoms with Crippen molar-refractivity contribution in [1.29, 1.82) is 0 Å². The smallest absolute Gasteiger partial charge is 0.0965 e. The Morgan fingerprint density at radius 2 is 2.12 bits per heavy atom. The van der Waals surface area contributed by atoms with E-state index in [1.54, 1.807) is 0 Å². The lowest BCUT2D eigenvalue weighted by Crippen LogP contribution is -2.40. The number of hydrogen-bond acceptors (Lipinski definition) is 2. The van der Waals surface area contributed by atoms with Crippen LogP contribution in [-0.4, -0.2) is 18.4 Å². The molecule has 0 amide bonds. The van der Waals surface area contributed by atoms with E-state index in [0.717, 1.165) is 24.3 Å². The van der Waals surface area contributed by atoms with E-state index < -0.39 is 0 Å². The lowest BCUT2D eigenvalue weighted by Gasteiger charge is -2.29. The molecule has 1 aliphatic heterocycles. The maximum Gasteiger partial charge on any atom is 0.0965 e. The topological polar surface area (TPSA) is 24.4 Å². The summed E-state index contributed by atoms with van der Waals surface area (Å²) < 4.78 is 0. The monoisotopic (exact) mass is 234 g/mol. The molecule has 1 N–H and O–H groups in total. The number of nitrogens with zero attached hydrogens (tertiary/aromatic N) is 1. The predicted octanol–water partition coefficient (Wildman–Crippen LogP) is 3.37. The van der Waals surface area contributed by atoms with Gasteiger partial charge in [-0.2, -0.15) is 0 Å². The first-order chi connectivity index (χ1) is 8.33. The van der Waals surface area contributed by atoms with E-state index in [9.17, 15) is 0 Å². The van der Waals surface area contributed by atoms with E-state index in [-0.39, 0.29) is 0 Å². The van der Waals surface area contributed by atoms with E-state index >= 15 is 0 Å². The van der Waals surface area contributed by atoms with Gasteiger partial charge >= 0.3 is 0 Å². The molecule has 2 aliphatic carbocycles. The predicted molar refractivity (Wildman–Crippen MR) is 72.3 cm³/mol. The Balaban J connectivity index is 1.55. The highest BCUT2D eigenvalue weighted by molar-refractivity contribution is 5.82. The molecule has 2 saturated carbocycles. The molecule has 2 heteroatoms. The van der Waals surface area contributed by atoms with Gasteiger partial charge in [0, 0.05) is 19.0 Å². The number of amidine groups is 1. The molecule has 96 valence electrons. The van der Waals surface area contributed by atoms with Crippen LogP contribution in [0.5, 0.6) is 0 Å². The van der Waals surface area contributed by atoms with Crippen molar-refractivity contribution in [3.8, 4) is 0 Å². The highest BCUT2D eigenvalue weighted by atomic mass is 15.0. The third kappa shape index (κ3) is 2.51. The van der Waals surface area contributed by atoms with Crippen LogP contribution in [0.2, 0.25) is 0 Å². The van der Waals surface area contributed by atoms with Crippen LogP contribution in [0.15, 0.2) is 4.99 Å². The summed E-state index contributed by atoms with van der Waals surface area (Å²) in [5, 5.41) is 3.74. The Kier molecular flexibility index (Phi) is 3.39. The summed E-state index contributed by atoms with van der Waals surface area (Å²) in [7, 11) is 0. The number of nitrogens with one attached hydrogen (secondary N) is 1. The summed E-state index contributed by atoms with van der Waals surface area (Å²) in [6.45, 7) is 3.44. The molecule has 17 heavy (non-hydrogen) atoms. The molecule has 3 aliphatic rings. The van der Waals surface area contributed by atoms with Crippen molar-refractivity contribution in [2.24, 2.45) is 22.7 Å². The van der Waals surface area contributed by atoms with E-state index in [1.165, 1.54) is 57.2 Å². The minimum Gasteiger partial charge on any atom is -0.371 e. The minimum absolute atomic E-state index is 0.655. The fraction of sp³-hybridized carbons (Fsp3) is 0.933. The molecule has 4 atom stereocenters. The molecule has 0 saturated heterocycles. The molecule has 0 unspecified atom stereocenters. The number of rotatable bonds is 2. The Bertz CT molecular complexity index is 297. The van der Waals surface area contributed by atoms with Crippen molar-refractivity contribution < 1.29 is 0 Å². The molecule has 0 aromatic rings. The minimum atomic E-state index is 0.655. The highest BCUT2D eigenvalue weighted by Crippen LogP contribution is 2.49. The van der Waals surface area contributed by atoms with Crippen LogP contribution in [0.3, 0.4) is 0 Å². The van der Waals surface area contributed by atoms with Crippen LogP contribution in [0.25, 0.3) is 0 Å². The van der Waals surface area contributed by atoms with Crippen LogP contribution in [0.4, 0.5) is 0 Å². The fourth-order valence-corrected chi connectivity index (χ4v) is 4.27. The number of hydrogen-bond donors (Lipinski definition) is 1. The molecular formula is C15H26N2. The first-order valence-electron chi connectivity index (χ1n) is 7.63. The maximum atomic E-state index is 4.70. The Labute approximate surface area is 105 Å². The lowest BCUT2D eigenvalue weighted by atomic mass is 9.84. The highest BCUT2D eigenvalue weighted by Gasteiger charge is 2.41. The molecule has 1 heterocycles. The van der Waals surface area contributed by atoms with Crippen LogP contribution in [0.1, 0.15) is 58.3 Å². The molecule has 2 nitrogen and oxygen atoms in total. The molecular weight excluding hydrogens is 208 g/mol. The molecule has 0 aromatic heterocycles. The van der Waals surface area contributed by atoms with Gasteiger partial charge in [0.1, 0.15) is 0 Å². The van der Waals surface area contributed by atoms with Crippen molar-refractivity contribution in [3.05, 3.63) is 0 Å². The van der Waals surface area contributed by atoms with E-state index in [1.807, 2.05) is 0 Å². The Hall–Kier alpha value is -0.530. The molecule has 2 bridgehead atoms. The Morgan fingerprint density at radius 1 is 1.18 bits per heavy atom. The second-order valence-electron chi connectivity index (χ2n) is 6.41. The number of aliphatic imine (C=N–C) groups is 1. The average molecular weight is 234 g/mol. The molecule has 3 rings (SSSR count). The standard InChI is InChI=1S/C15H26N2/c1-11(14-10-12-6-7-13(14)9-12)17-15-5-3-2-4-8-16-15/h11-14H,2-10H2,1H3,(H,16,17)/t11-,12-,13-,14+/m1/s1. The normalized spacial score (nSPS) is 38.6. The zero-order valence-corrected chi connectivity index (χ0v) is 11.1. The van der Waals surface area contributed by atoms with E-state index in [0.29, 0.717) is 6.04 Å². The molecule has 0 radical (unpaired) electrons. The largest absolute Gasteiger partial charge is 0.371 e. The lowest BCUT2D eigenvalue weighted by molar-refractivity contribution is 0.278. The molecule has 0 spiro atoms. The van der Waals surface area contributed by atoms with Crippen molar-refractivity contribution in [2.75, 3.05) is 6.54 Å². The molecule has 2 fully saturated rings. The first kappa shape index (κ1) is 11.6. The van der Waals surface area contributed by atoms with Crippen molar-refractivity contribution in [3.63, 3.8) is 0 Å². The second-order valence-corrected chi connectivity index (χ2v) is 6.41. The summed E-state index contributed by atoms with van der Waals surface area (Å²) in [6, 6.07) is 0.655. The number of fused-ring (bicyclic) bond motifs is 2. The van der Waals surface area contributed by atoms with Crippen molar-refractivity contribution in [2.45, 2.75) is 64.3 Å². The fourth-order valence-electron chi connectivity index (χ4n) is 4.27. The summed E-state index contributed by atoms with van der Waals surface area (Å²) >= 11 is 0. The van der Waals surface area contributed by atoms with Crippen LogP contribution < -0.4 is 5.32 Å². The van der Waals surface area contributed by atoms with Crippen molar-refractivity contribution in [1.82, 2.24) is 5.32 Å². The van der Waals surface area contributed by atoms with E-state index in [2.05, 4.69) is 12.2 Å². The van der Waals surface area contributed by atoms with Gasteiger partial charge in [0.2, 0.25) is 0 Å². The zero-order chi connectivity index (χ0) is 11.7. The van der Waals surface area contributed by atoms with Gasteiger partial charge in [0.25, 0.3) is 0 Å². The molecule has 0 aromatic carbocycles. The zero-order valence-electron chi connectivity index (χ0n) is 11.1. The van der Waals surface area contributed by atoms with Gasteiger partial charge in [0.15, 0.2) is 0 Å². The van der Waals surface area contributed by atoms with Crippen LogP contribution in [0, 0.1) is 17.8 Å². The van der Waals surface area contributed by atoms with Gasteiger partial charge in [-0.15, -0.1) is 0 Å². The van der Waals surface area contributed by atoms with Crippen molar-refractivity contribution >= 4 is 5.84 Å². The summed E-state index contributed by atoms with van der Waals surface area (Å²) in [6.07, 6.45) is 11.2. The third-order valence-electron chi connectivity index (χ3n) is 5.20. The van der Waals surface area contributed by atoms with Crippen LogP contribution in [-0.2, 0) is 0 Å². The second kappa shape index (κ2) is 4.99. The summed E-state index contributed by atoms with van der Waals surface area (Å²) in [5.41, 5.74) is 0. The van der Waals surface area contributed by atoms with Gasteiger partial charge in [-0.3, -0.25) is 4.99 Å². The third-order valence-corrected chi connectivity index (χ3v) is 5.20. The SMILES string of the molecule is C[C@@H](NC1=NCCCCC1)[C@@H]1C[C@@H]2CC[C@@H]1C2. The van der Waals surface area contributed by atoms with Gasteiger partial charge < -0.3 is 5.32 Å².